The van der Waals surface area contributed by atoms with E-state index >= 15 is 0 Å². The van der Waals surface area contributed by atoms with Crippen LogP contribution in [0.5, 0.6) is 0 Å². The van der Waals surface area contributed by atoms with Crippen LogP contribution in [0.1, 0.15) is 13.8 Å². The zero-order valence-corrected chi connectivity index (χ0v) is 8.37. The summed E-state index contributed by atoms with van der Waals surface area (Å²) in [4.78, 5) is 0. The molecule has 0 saturated heterocycles. The third kappa shape index (κ3) is 163. The first kappa shape index (κ1) is 14.9. The summed E-state index contributed by atoms with van der Waals surface area (Å²) in [5.41, 5.74) is 0. The molecule has 0 heterocycles. The summed E-state index contributed by atoms with van der Waals surface area (Å²) in [6, 6.07) is 0. The quantitative estimate of drug-likeness (QED) is 0.291. The summed E-state index contributed by atoms with van der Waals surface area (Å²) in [5.74, 6) is 2.63. The first-order valence-corrected chi connectivity index (χ1v) is 6.35. The molecule has 80 valence electrons. The Bertz CT molecular complexity index is 109. The minimum absolute atomic E-state index is 1.32. The molecule has 0 atom stereocenters. The first-order chi connectivity index (χ1) is 4.86. The van der Waals surface area contributed by atoms with E-state index in [1.54, 1.807) is 11.8 Å². The van der Waals surface area contributed by atoms with E-state index in [1.807, 2.05) is 0 Å². The van der Waals surface area contributed by atoms with Crippen molar-refractivity contribution in [3.05, 3.63) is 0 Å². The second-order valence-corrected chi connectivity index (χ2v) is 5.44. The minimum atomic E-state index is -10.7. The van der Waals surface area contributed by atoms with Gasteiger partial charge in [-0.3, -0.25) is 0 Å². The molecule has 0 saturated carbocycles. The second-order valence-electron chi connectivity index (χ2n) is 1.81. The van der Waals surface area contributed by atoms with Crippen LogP contribution in [0.3, 0.4) is 0 Å². The summed E-state index contributed by atoms with van der Waals surface area (Å²) in [7, 11) is -10.7. The van der Waals surface area contributed by atoms with Crippen molar-refractivity contribution < 1.29 is 25.2 Å². The maximum atomic E-state index is 9.87. The van der Waals surface area contributed by atoms with Gasteiger partial charge in [0.2, 0.25) is 0 Å². The van der Waals surface area contributed by atoms with Gasteiger partial charge in [0.05, 0.1) is 0 Å². The molecule has 0 unspecified atom stereocenters. The van der Waals surface area contributed by atoms with E-state index < -0.39 is 7.81 Å². The molecule has 0 aliphatic heterocycles. The molecule has 0 fully saturated rings. The van der Waals surface area contributed by atoms with Crippen LogP contribution in [0.2, 0.25) is 0 Å². The van der Waals surface area contributed by atoms with Crippen molar-refractivity contribution in [2.24, 2.45) is 0 Å². The number of hydrogen-bond donors (Lipinski definition) is 0. The normalized spacial score (nSPS) is 17.0. The summed E-state index contributed by atoms with van der Waals surface area (Å²) >= 11 is 1.58. The molecule has 0 aromatic heterocycles. The van der Waals surface area contributed by atoms with Gasteiger partial charge in [0, 0.05) is 0 Å². The predicted octanol–water partition coefficient (Wildman–Crippen LogP) is 4.22. The Labute approximate surface area is 70.9 Å². The van der Waals surface area contributed by atoms with Crippen LogP contribution in [0.25, 0.3) is 0 Å². The molecule has 0 aliphatic carbocycles. The van der Waals surface area contributed by atoms with Crippen molar-refractivity contribution >= 4 is 19.6 Å². The van der Waals surface area contributed by atoms with Gasteiger partial charge in [-0.2, -0.15) is 0 Å². The van der Waals surface area contributed by atoms with Gasteiger partial charge in [-0.05, 0) is 25.6 Å². The number of halogens is 6. The van der Waals surface area contributed by atoms with Gasteiger partial charge in [-0.25, -0.2) is 0 Å². The van der Waals surface area contributed by atoms with Crippen molar-refractivity contribution in [1.82, 2.24) is 0 Å². The van der Waals surface area contributed by atoms with Gasteiger partial charge in [0.25, 0.3) is 0 Å². The Balaban J connectivity index is 0. The molecule has 0 bridgehead atoms. The van der Waals surface area contributed by atoms with Gasteiger partial charge < -0.3 is 0 Å². The van der Waals surface area contributed by atoms with Crippen molar-refractivity contribution in [3.63, 3.8) is 0 Å². The summed E-state index contributed by atoms with van der Waals surface area (Å²) in [5, 5.41) is 0. The molecule has 0 amide bonds. The molecule has 8 heteroatoms. The first-order valence-electron chi connectivity index (χ1n) is 3.06. The Morgan fingerprint density at radius 2 is 1.00 bits per heavy atom. The maximum absolute atomic E-state index is 10.7. The topological polar surface area (TPSA) is 0 Å². The van der Waals surface area contributed by atoms with Crippen molar-refractivity contribution in [3.8, 4) is 0 Å². The van der Waals surface area contributed by atoms with E-state index in [9.17, 15) is 25.2 Å². The fourth-order valence-corrected chi connectivity index (χ4v) is 0.671. The number of thiol groups is 1. The van der Waals surface area contributed by atoms with Crippen LogP contribution in [-0.2, 0) is 11.8 Å². The molecule has 0 N–H and O–H groups in total. The Kier molecular flexibility index (Phi) is 4.48. The zero-order valence-electron chi connectivity index (χ0n) is 6.58. The third-order valence-corrected chi connectivity index (χ3v) is 1.34. The number of hydrogen-bond acceptors (Lipinski definition) is 0. The molecule has 0 aliphatic rings. The molecule has 12 heavy (non-hydrogen) atoms. The molecule has 0 aromatic rings. The Morgan fingerprint density at radius 1 is 0.833 bits per heavy atom. The molecule has 0 spiro atoms. The van der Waals surface area contributed by atoms with Gasteiger partial charge >= 0.3 is 33.0 Å². The van der Waals surface area contributed by atoms with E-state index in [0.29, 0.717) is 0 Å². The van der Waals surface area contributed by atoms with Crippen LogP contribution >= 0.6 is 7.81 Å². The van der Waals surface area contributed by atoms with E-state index in [0.717, 1.165) is 0 Å². The molecular formula is C4H11F6PS. The van der Waals surface area contributed by atoms with E-state index in [2.05, 4.69) is 13.8 Å². The molecule has 0 nitrogen and oxygen atoms in total. The van der Waals surface area contributed by atoms with Crippen LogP contribution in [0.4, 0.5) is 25.2 Å². The third-order valence-electron chi connectivity index (χ3n) is 0.447. The average Bonchev–Trinajstić information content (AvgIpc) is 1.58. The summed E-state index contributed by atoms with van der Waals surface area (Å²) < 4.78 is 59.2. The second kappa shape index (κ2) is 3.62. The average molecular weight is 236 g/mol. The van der Waals surface area contributed by atoms with Crippen LogP contribution < -0.4 is 0 Å². The SMILES string of the molecule is CC[SH+]CC.F[P-](F)(F)(F)(F)F. The standard InChI is InChI=1S/C4H10S.F6P/c1-3-5-4-2;1-7(2,3,4,5)6/h3-4H2,1-2H3;/q;-1/p+1. The van der Waals surface area contributed by atoms with Crippen molar-refractivity contribution in [2.45, 2.75) is 13.8 Å². The Morgan fingerprint density at radius 3 is 1.00 bits per heavy atom. The fraction of sp³-hybridized carbons (Fsp3) is 1.00. The zero-order chi connectivity index (χ0) is 10.5. The molecule has 0 radical (unpaired) electrons. The summed E-state index contributed by atoms with van der Waals surface area (Å²) in [6.07, 6.45) is 0. The van der Waals surface area contributed by atoms with Crippen molar-refractivity contribution in [2.75, 3.05) is 11.5 Å². The molecule has 0 aromatic carbocycles. The van der Waals surface area contributed by atoms with Gasteiger partial charge in [0.1, 0.15) is 11.5 Å². The fourth-order valence-electron chi connectivity index (χ4n) is 0.224. The van der Waals surface area contributed by atoms with Crippen molar-refractivity contribution in [1.29, 1.82) is 0 Å². The van der Waals surface area contributed by atoms with Gasteiger partial charge in [-0.1, -0.05) is 0 Å². The van der Waals surface area contributed by atoms with Crippen LogP contribution in [0, 0.1) is 0 Å². The van der Waals surface area contributed by atoms with Gasteiger partial charge in [0.15, 0.2) is 0 Å². The monoisotopic (exact) mass is 236 g/mol. The van der Waals surface area contributed by atoms with Gasteiger partial charge in [-0.15, -0.1) is 0 Å². The van der Waals surface area contributed by atoms with Crippen LogP contribution in [0.15, 0.2) is 0 Å². The van der Waals surface area contributed by atoms with E-state index in [-0.39, 0.29) is 0 Å². The molecular weight excluding hydrogens is 225 g/mol. The Hall–Kier alpha value is 0.360. The van der Waals surface area contributed by atoms with Crippen LogP contribution in [-0.4, -0.2) is 11.5 Å². The van der Waals surface area contributed by atoms with E-state index in [4.69, 9.17) is 0 Å². The van der Waals surface area contributed by atoms with E-state index in [1.165, 1.54) is 11.5 Å². The number of rotatable bonds is 2. The molecule has 0 rings (SSSR count). The predicted molar refractivity (Wildman–Crippen MR) is 43.4 cm³/mol. The summed E-state index contributed by atoms with van der Waals surface area (Å²) in [6.45, 7) is 4.40.